The van der Waals surface area contributed by atoms with Gasteiger partial charge in [-0.1, -0.05) is 32.5 Å². The van der Waals surface area contributed by atoms with Crippen LogP contribution in [0, 0.1) is 5.92 Å². The third kappa shape index (κ3) is 5.13. The second-order valence-corrected chi connectivity index (χ2v) is 9.26. The third-order valence-corrected chi connectivity index (χ3v) is 5.45. The van der Waals surface area contributed by atoms with Crippen LogP contribution in [0.1, 0.15) is 52.3 Å². The molecule has 6 heteroatoms. The topological polar surface area (TPSA) is 52.0 Å². The molecule has 0 N–H and O–H groups in total. The zero-order valence-corrected chi connectivity index (χ0v) is 14.9. The van der Waals surface area contributed by atoms with Crippen molar-refractivity contribution >= 4 is 21.6 Å². The minimum atomic E-state index is -2.90. The first-order valence-corrected chi connectivity index (χ1v) is 10.0. The number of imidazole rings is 1. The van der Waals surface area contributed by atoms with Crippen molar-refractivity contribution in [2.24, 2.45) is 5.92 Å². The molecule has 0 fully saturated rings. The lowest BCUT2D eigenvalue weighted by molar-refractivity contribution is 0.515. The van der Waals surface area contributed by atoms with Crippen LogP contribution in [-0.2, 0) is 9.84 Å². The molecule has 0 aliphatic heterocycles. The molecule has 1 unspecified atom stereocenters. The van der Waals surface area contributed by atoms with E-state index in [1.54, 1.807) is 11.8 Å². The van der Waals surface area contributed by atoms with Gasteiger partial charge in [-0.15, -0.1) is 0 Å². The Kier molecular flexibility index (Phi) is 6.13. The predicted molar refractivity (Wildman–Crippen MR) is 86.3 cm³/mol. The van der Waals surface area contributed by atoms with Gasteiger partial charge in [-0.2, -0.15) is 0 Å². The fourth-order valence-corrected chi connectivity index (χ4v) is 4.63. The molecule has 0 spiro atoms. The first-order chi connectivity index (χ1) is 9.11. The van der Waals surface area contributed by atoms with Gasteiger partial charge in [0.15, 0.2) is 5.16 Å². The molecular formula is C14H26N2O2S2. The fourth-order valence-electron chi connectivity index (χ4n) is 2.19. The third-order valence-electron chi connectivity index (χ3n) is 2.98. The average molecular weight is 319 g/mol. The van der Waals surface area contributed by atoms with Crippen molar-refractivity contribution in [3.8, 4) is 0 Å². The van der Waals surface area contributed by atoms with Crippen LogP contribution in [0.2, 0.25) is 0 Å². The molecule has 1 aromatic heterocycles. The number of thioether (sulfide) groups is 1. The van der Waals surface area contributed by atoms with Crippen molar-refractivity contribution in [3.05, 3.63) is 11.9 Å². The monoisotopic (exact) mass is 318 g/mol. The highest BCUT2D eigenvalue weighted by Crippen LogP contribution is 2.28. The van der Waals surface area contributed by atoms with Gasteiger partial charge in [0.25, 0.3) is 0 Å². The summed E-state index contributed by atoms with van der Waals surface area (Å²) in [5.74, 6) is 1.58. The fraction of sp³-hybridized carbons (Fsp3) is 0.786. The van der Waals surface area contributed by atoms with E-state index in [0.717, 1.165) is 10.9 Å². The summed E-state index contributed by atoms with van der Waals surface area (Å²) in [6.07, 6.45) is 3.23. The molecule has 0 radical (unpaired) electrons. The molecule has 0 saturated carbocycles. The lowest BCUT2D eigenvalue weighted by atomic mass is 10.1. The van der Waals surface area contributed by atoms with Gasteiger partial charge < -0.3 is 4.57 Å². The Balaban J connectivity index is 2.78. The second-order valence-electron chi connectivity index (χ2n) is 6.09. The molecule has 0 aliphatic rings. The SMILES string of the molecule is CC(CSc1ncc(C(C)C)n1C(C)C)CS(C)(=O)=O. The first kappa shape index (κ1) is 17.6. The molecule has 4 nitrogen and oxygen atoms in total. The van der Waals surface area contributed by atoms with Crippen LogP contribution in [0.5, 0.6) is 0 Å². The van der Waals surface area contributed by atoms with E-state index in [1.807, 2.05) is 13.1 Å². The Hall–Kier alpha value is -0.490. The van der Waals surface area contributed by atoms with Crippen LogP contribution in [0.25, 0.3) is 0 Å². The Morgan fingerprint density at radius 3 is 2.30 bits per heavy atom. The summed E-state index contributed by atoms with van der Waals surface area (Å²) in [6, 6.07) is 0.364. The summed E-state index contributed by atoms with van der Waals surface area (Å²) in [6.45, 7) is 10.6. The lowest BCUT2D eigenvalue weighted by Crippen LogP contribution is -2.15. The van der Waals surface area contributed by atoms with Crippen molar-refractivity contribution in [2.75, 3.05) is 17.8 Å². The number of rotatable bonds is 7. The number of hydrogen-bond donors (Lipinski definition) is 0. The smallest absolute Gasteiger partial charge is 0.168 e. The maximum absolute atomic E-state index is 11.3. The maximum Gasteiger partial charge on any atom is 0.168 e. The van der Waals surface area contributed by atoms with Gasteiger partial charge in [-0.3, -0.25) is 0 Å². The van der Waals surface area contributed by atoms with E-state index < -0.39 is 9.84 Å². The van der Waals surface area contributed by atoms with E-state index in [2.05, 4.69) is 37.2 Å². The van der Waals surface area contributed by atoms with E-state index >= 15 is 0 Å². The Labute approximate surface area is 127 Å². The molecule has 1 atom stereocenters. The summed E-state index contributed by atoms with van der Waals surface area (Å²) in [5.41, 5.74) is 1.23. The molecule has 116 valence electrons. The standard InChI is InChI=1S/C14H26N2O2S2/c1-10(2)13-7-15-14(16(13)11(3)4)19-8-12(5)9-20(6,17)18/h7,10-12H,8-9H2,1-6H3. The van der Waals surface area contributed by atoms with Crippen LogP contribution in [-0.4, -0.2) is 35.7 Å². The quantitative estimate of drug-likeness (QED) is 0.723. The number of sulfone groups is 1. The molecular weight excluding hydrogens is 292 g/mol. The van der Waals surface area contributed by atoms with Crippen LogP contribution in [0.4, 0.5) is 0 Å². The zero-order chi connectivity index (χ0) is 15.5. The van der Waals surface area contributed by atoms with E-state index in [4.69, 9.17) is 0 Å². The van der Waals surface area contributed by atoms with Crippen LogP contribution < -0.4 is 0 Å². The maximum atomic E-state index is 11.3. The molecule has 0 saturated heterocycles. The van der Waals surface area contributed by atoms with Crippen molar-refractivity contribution in [3.63, 3.8) is 0 Å². The van der Waals surface area contributed by atoms with Gasteiger partial charge in [0.2, 0.25) is 0 Å². The largest absolute Gasteiger partial charge is 0.320 e. The van der Waals surface area contributed by atoms with Gasteiger partial charge in [0.05, 0.1) is 5.75 Å². The molecule has 0 amide bonds. The van der Waals surface area contributed by atoms with Gasteiger partial charge >= 0.3 is 0 Å². The van der Waals surface area contributed by atoms with Gasteiger partial charge in [-0.05, 0) is 25.7 Å². The second kappa shape index (κ2) is 6.98. The Morgan fingerprint density at radius 2 is 1.85 bits per heavy atom. The van der Waals surface area contributed by atoms with Gasteiger partial charge in [0.1, 0.15) is 9.84 Å². The highest BCUT2D eigenvalue weighted by molar-refractivity contribution is 7.99. The highest BCUT2D eigenvalue weighted by atomic mass is 32.2. The van der Waals surface area contributed by atoms with Crippen molar-refractivity contribution in [1.29, 1.82) is 0 Å². The van der Waals surface area contributed by atoms with Gasteiger partial charge in [0, 0.05) is 29.9 Å². The molecule has 1 aromatic rings. The van der Waals surface area contributed by atoms with E-state index in [9.17, 15) is 8.42 Å². The molecule has 20 heavy (non-hydrogen) atoms. The summed E-state index contributed by atoms with van der Waals surface area (Å²) in [7, 11) is -2.90. The minimum Gasteiger partial charge on any atom is -0.320 e. The van der Waals surface area contributed by atoms with Crippen LogP contribution in [0.15, 0.2) is 11.4 Å². The van der Waals surface area contributed by atoms with Crippen LogP contribution in [0.3, 0.4) is 0 Å². The predicted octanol–water partition coefficient (Wildman–Crippen LogP) is 3.36. The van der Waals surface area contributed by atoms with Crippen molar-refractivity contribution < 1.29 is 8.42 Å². The lowest BCUT2D eigenvalue weighted by Gasteiger charge is -2.18. The van der Waals surface area contributed by atoms with E-state index in [1.165, 1.54) is 11.9 Å². The normalized spacial score (nSPS) is 14.2. The highest BCUT2D eigenvalue weighted by Gasteiger charge is 2.17. The average Bonchev–Trinajstić information content (AvgIpc) is 2.67. The van der Waals surface area contributed by atoms with Crippen molar-refractivity contribution in [2.45, 2.75) is 51.7 Å². The van der Waals surface area contributed by atoms with Gasteiger partial charge in [-0.25, -0.2) is 13.4 Å². The first-order valence-electron chi connectivity index (χ1n) is 6.99. The minimum absolute atomic E-state index is 0.134. The number of nitrogens with zero attached hydrogens (tertiary/aromatic N) is 2. The summed E-state index contributed by atoms with van der Waals surface area (Å²) in [5, 5.41) is 0.990. The summed E-state index contributed by atoms with van der Waals surface area (Å²) >= 11 is 1.65. The molecule has 0 aliphatic carbocycles. The van der Waals surface area contributed by atoms with Crippen molar-refractivity contribution in [1.82, 2.24) is 9.55 Å². The molecule has 0 bridgehead atoms. The number of hydrogen-bond acceptors (Lipinski definition) is 4. The van der Waals surface area contributed by atoms with E-state index in [-0.39, 0.29) is 11.7 Å². The zero-order valence-electron chi connectivity index (χ0n) is 13.3. The summed E-state index contributed by atoms with van der Waals surface area (Å²) in [4.78, 5) is 4.50. The van der Waals surface area contributed by atoms with Crippen LogP contribution >= 0.6 is 11.8 Å². The molecule has 1 rings (SSSR count). The molecule has 0 aromatic carbocycles. The Morgan fingerprint density at radius 1 is 1.25 bits per heavy atom. The van der Waals surface area contributed by atoms with E-state index in [0.29, 0.717) is 12.0 Å². The summed E-state index contributed by atoms with van der Waals surface area (Å²) < 4.78 is 24.8. The molecule has 1 heterocycles. The number of aromatic nitrogens is 2. The Bertz CT molecular complexity index is 533.